The highest BCUT2D eigenvalue weighted by Crippen LogP contribution is 2.28. The summed E-state index contributed by atoms with van der Waals surface area (Å²) in [4.78, 5) is 16.4. The van der Waals surface area contributed by atoms with Crippen molar-refractivity contribution in [3.8, 4) is 17.2 Å². The number of halogens is 1. The molecular formula is C18H16ClN3O3. The highest BCUT2D eigenvalue weighted by molar-refractivity contribution is 6.31. The topological polar surface area (TPSA) is 77.2 Å². The molecule has 1 heterocycles. The van der Waals surface area contributed by atoms with Crippen molar-refractivity contribution in [3.05, 3.63) is 58.9 Å². The van der Waals surface area contributed by atoms with Crippen molar-refractivity contribution in [1.29, 1.82) is 0 Å². The molecule has 0 aliphatic heterocycles. The molecule has 6 nitrogen and oxygen atoms in total. The Balaban J connectivity index is 1.70. The molecule has 1 aromatic heterocycles. The van der Waals surface area contributed by atoms with Crippen LogP contribution < -0.4 is 10.1 Å². The van der Waals surface area contributed by atoms with E-state index in [9.17, 15) is 4.79 Å². The second-order valence-corrected chi connectivity index (χ2v) is 5.81. The van der Waals surface area contributed by atoms with Crippen LogP contribution >= 0.6 is 11.6 Å². The van der Waals surface area contributed by atoms with Gasteiger partial charge in [-0.3, -0.25) is 4.79 Å². The predicted octanol–water partition coefficient (Wildman–Crippen LogP) is 3.89. The zero-order valence-corrected chi connectivity index (χ0v) is 14.5. The van der Waals surface area contributed by atoms with Gasteiger partial charge in [0.1, 0.15) is 5.75 Å². The number of benzene rings is 2. The molecule has 25 heavy (non-hydrogen) atoms. The summed E-state index contributed by atoms with van der Waals surface area (Å²) in [6, 6.07) is 12.6. The van der Waals surface area contributed by atoms with E-state index in [0.29, 0.717) is 27.9 Å². The van der Waals surface area contributed by atoms with Crippen LogP contribution in [0.4, 0.5) is 5.69 Å². The molecule has 1 N–H and O–H groups in total. The molecule has 0 atom stereocenters. The van der Waals surface area contributed by atoms with Crippen LogP contribution in [0.15, 0.2) is 47.0 Å². The Morgan fingerprint density at radius 1 is 1.28 bits per heavy atom. The summed E-state index contributed by atoms with van der Waals surface area (Å²) >= 11 is 6.05. The van der Waals surface area contributed by atoms with Crippen LogP contribution in [0, 0.1) is 6.92 Å². The lowest BCUT2D eigenvalue weighted by Crippen LogP contribution is -2.15. The summed E-state index contributed by atoms with van der Waals surface area (Å²) in [7, 11) is 1.57. The third-order valence-electron chi connectivity index (χ3n) is 3.58. The van der Waals surface area contributed by atoms with Gasteiger partial charge < -0.3 is 14.6 Å². The van der Waals surface area contributed by atoms with Crippen LogP contribution in [0.1, 0.15) is 11.4 Å². The molecule has 0 bridgehead atoms. The second-order valence-electron chi connectivity index (χ2n) is 5.40. The van der Waals surface area contributed by atoms with Crippen molar-refractivity contribution in [2.24, 2.45) is 0 Å². The number of nitrogens with one attached hydrogen (secondary N) is 1. The molecule has 0 fully saturated rings. The van der Waals surface area contributed by atoms with Crippen molar-refractivity contribution in [3.63, 3.8) is 0 Å². The Morgan fingerprint density at radius 2 is 2.08 bits per heavy atom. The van der Waals surface area contributed by atoms with E-state index in [0.717, 1.165) is 5.56 Å². The molecule has 3 aromatic rings. The molecule has 1 amide bonds. The standard InChI is InChI=1S/C18H16ClN3O3/c1-11-7-8-12(9-14(11)19)20-17(23)10-16-21-18(25-22-16)13-5-3-4-6-15(13)24-2/h3-9H,10H2,1-2H3,(H,20,23). The third kappa shape index (κ3) is 3.97. The minimum atomic E-state index is -0.257. The number of carbonyl (C=O) groups excluding carboxylic acids is 1. The number of para-hydroxylation sites is 1. The zero-order valence-electron chi connectivity index (χ0n) is 13.7. The van der Waals surface area contributed by atoms with Gasteiger partial charge in [0.05, 0.1) is 19.1 Å². The molecule has 0 saturated heterocycles. The minimum absolute atomic E-state index is 0.00978. The lowest BCUT2D eigenvalue weighted by Gasteiger charge is -2.05. The molecular weight excluding hydrogens is 342 g/mol. The summed E-state index contributed by atoms with van der Waals surface area (Å²) in [5, 5.41) is 7.21. The molecule has 0 aliphatic rings. The maximum atomic E-state index is 12.1. The van der Waals surface area contributed by atoms with Crippen molar-refractivity contribution in [2.75, 3.05) is 12.4 Å². The first-order chi connectivity index (χ1) is 12.1. The van der Waals surface area contributed by atoms with Crippen molar-refractivity contribution >= 4 is 23.2 Å². The van der Waals surface area contributed by atoms with Gasteiger partial charge in [-0.05, 0) is 36.8 Å². The molecule has 3 rings (SSSR count). The van der Waals surface area contributed by atoms with E-state index in [2.05, 4.69) is 15.5 Å². The number of amides is 1. The fraction of sp³-hybridized carbons (Fsp3) is 0.167. The van der Waals surface area contributed by atoms with Crippen LogP contribution in [0.3, 0.4) is 0 Å². The quantitative estimate of drug-likeness (QED) is 0.749. The summed E-state index contributed by atoms with van der Waals surface area (Å²) < 4.78 is 10.5. The Hall–Kier alpha value is -2.86. The summed E-state index contributed by atoms with van der Waals surface area (Å²) in [5.74, 6) is 0.957. The number of nitrogens with zero attached hydrogens (tertiary/aromatic N) is 2. The lowest BCUT2D eigenvalue weighted by atomic mass is 10.2. The lowest BCUT2D eigenvalue weighted by molar-refractivity contribution is -0.115. The molecule has 0 unspecified atom stereocenters. The SMILES string of the molecule is COc1ccccc1-c1nc(CC(=O)Nc2ccc(C)c(Cl)c2)no1. The Kier molecular flexibility index (Phi) is 5.00. The van der Waals surface area contributed by atoms with Gasteiger partial charge in [-0.1, -0.05) is 35.0 Å². The number of aryl methyl sites for hydroxylation is 1. The average Bonchev–Trinajstić information content (AvgIpc) is 3.06. The van der Waals surface area contributed by atoms with E-state index < -0.39 is 0 Å². The van der Waals surface area contributed by atoms with E-state index in [4.69, 9.17) is 20.9 Å². The van der Waals surface area contributed by atoms with Gasteiger partial charge in [0.15, 0.2) is 5.82 Å². The normalized spacial score (nSPS) is 10.5. The number of carbonyl (C=O) groups is 1. The minimum Gasteiger partial charge on any atom is -0.496 e. The highest BCUT2D eigenvalue weighted by Gasteiger charge is 2.15. The van der Waals surface area contributed by atoms with E-state index in [1.165, 1.54) is 0 Å². The zero-order chi connectivity index (χ0) is 17.8. The number of rotatable bonds is 5. The van der Waals surface area contributed by atoms with Crippen LogP contribution in [-0.2, 0) is 11.2 Å². The fourth-order valence-corrected chi connectivity index (χ4v) is 2.46. The van der Waals surface area contributed by atoms with E-state index >= 15 is 0 Å². The summed E-state index contributed by atoms with van der Waals surface area (Å²) in [5.41, 5.74) is 2.24. The monoisotopic (exact) mass is 357 g/mol. The summed E-state index contributed by atoms with van der Waals surface area (Å²) in [6.07, 6.45) is -0.00978. The highest BCUT2D eigenvalue weighted by atomic mass is 35.5. The Morgan fingerprint density at radius 3 is 2.84 bits per heavy atom. The fourth-order valence-electron chi connectivity index (χ4n) is 2.28. The molecule has 2 aromatic carbocycles. The molecule has 0 aliphatic carbocycles. The molecule has 0 saturated carbocycles. The molecule has 7 heteroatoms. The van der Waals surface area contributed by atoms with Crippen LogP contribution in [0.5, 0.6) is 5.75 Å². The maximum Gasteiger partial charge on any atom is 0.261 e. The number of methoxy groups -OCH3 is 1. The van der Waals surface area contributed by atoms with Gasteiger partial charge in [-0.2, -0.15) is 4.98 Å². The average molecular weight is 358 g/mol. The first-order valence-corrected chi connectivity index (χ1v) is 7.96. The number of hydrogen-bond donors (Lipinski definition) is 1. The van der Waals surface area contributed by atoms with Crippen LogP contribution in [-0.4, -0.2) is 23.2 Å². The molecule has 128 valence electrons. The molecule has 0 spiro atoms. The van der Waals surface area contributed by atoms with Gasteiger partial charge in [-0.15, -0.1) is 0 Å². The van der Waals surface area contributed by atoms with Gasteiger partial charge in [0.2, 0.25) is 5.91 Å². The van der Waals surface area contributed by atoms with Crippen molar-refractivity contribution in [1.82, 2.24) is 10.1 Å². The van der Waals surface area contributed by atoms with Gasteiger partial charge in [-0.25, -0.2) is 0 Å². The Labute approximate surface area is 149 Å². The number of anilines is 1. The van der Waals surface area contributed by atoms with Crippen molar-refractivity contribution in [2.45, 2.75) is 13.3 Å². The Bertz CT molecular complexity index is 908. The first kappa shape index (κ1) is 17.0. The third-order valence-corrected chi connectivity index (χ3v) is 3.99. The summed E-state index contributed by atoms with van der Waals surface area (Å²) in [6.45, 7) is 1.90. The van der Waals surface area contributed by atoms with Gasteiger partial charge in [0, 0.05) is 10.7 Å². The number of aromatic nitrogens is 2. The first-order valence-electron chi connectivity index (χ1n) is 7.59. The van der Waals surface area contributed by atoms with Crippen LogP contribution in [0.25, 0.3) is 11.5 Å². The van der Waals surface area contributed by atoms with E-state index in [1.807, 2.05) is 31.2 Å². The predicted molar refractivity (Wildman–Crippen MR) is 94.8 cm³/mol. The maximum absolute atomic E-state index is 12.1. The smallest absolute Gasteiger partial charge is 0.261 e. The molecule has 0 radical (unpaired) electrons. The largest absolute Gasteiger partial charge is 0.496 e. The van der Waals surface area contributed by atoms with Crippen molar-refractivity contribution < 1.29 is 14.1 Å². The van der Waals surface area contributed by atoms with E-state index in [1.54, 1.807) is 25.3 Å². The van der Waals surface area contributed by atoms with Gasteiger partial charge >= 0.3 is 0 Å². The second kappa shape index (κ2) is 7.36. The number of ether oxygens (including phenoxy) is 1. The number of hydrogen-bond acceptors (Lipinski definition) is 5. The van der Waals surface area contributed by atoms with Crippen LogP contribution in [0.2, 0.25) is 5.02 Å². The van der Waals surface area contributed by atoms with E-state index in [-0.39, 0.29) is 18.2 Å². The van der Waals surface area contributed by atoms with Gasteiger partial charge in [0.25, 0.3) is 5.89 Å².